The van der Waals surface area contributed by atoms with Gasteiger partial charge in [0.05, 0.1) is 11.1 Å². The molecule has 0 saturated carbocycles. The molecule has 0 radical (unpaired) electrons. The van der Waals surface area contributed by atoms with Crippen LogP contribution in [0.1, 0.15) is 33.5 Å². The zero-order valence-electron chi connectivity index (χ0n) is 11.4. The summed E-state index contributed by atoms with van der Waals surface area (Å²) in [6, 6.07) is 5.69. The molecular weight excluding hydrogens is 326 g/mol. The summed E-state index contributed by atoms with van der Waals surface area (Å²) in [4.78, 5) is 15.9. The topological polar surface area (TPSA) is 40.5 Å². The van der Waals surface area contributed by atoms with Crippen LogP contribution < -0.4 is 0 Å². The Bertz CT molecular complexity index is 603. The Morgan fingerprint density at radius 3 is 2.62 bits per heavy atom. The minimum absolute atomic E-state index is 0.0130. The fourth-order valence-corrected chi connectivity index (χ4v) is 4.61. The lowest BCUT2D eigenvalue weighted by Crippen LogP contribution is -2.39. The van der Waals surface area contributed by atoms with E-state index in [1.54, 1.807) is 17.4 Å². The van der Waals surface area contributed by atoms with E-state index in [9.17, 15) is 9.90 Å². The first-order chi connectivity index (χ1) is 10.2. The molecule has 1 atom stereocenters. The van der Waals surface area contributed by atoms with Gasteiger partial charge in [-0.1, -0.05) is 17.7 Å². The summed E-state index contributed by atoms with van der Waals surface area (Å²) >= 11 is 9.00. The van der Waals surface area contributed by atoms with Crippen molar-refractivity contribution >= 4 is 40.2 Å². The van der Waals surface area contributed by atoms with Gasteiger partial charge in [0.25, 0.3) is 5.91 Å². The van der Waals surface area contributed by atoms with Gasteiger partial charge in [-0.3, -0.25) is 4.79 Å². The first-order valence-electron chi connectivity index (χ1n) is 6.90. The second-order valence-electron chi connectivity index (χ2n) is 5.19. The monoisotopic (exact) mass is 341 g/mol. The van der Waals surface area contributed by atoms with Crippen LogP contribution in [0.4, 0.5) is 0 Å². The molecule has 6 heteroatoms. The van der Waals surface area contributed by atoms with Crippen molar-refractivity contribution in [3.8, 4) is 0 Å². The lowest BCUT2D eigenvalue weighted by Gasteiger charge is -2.33. The molecular formula is C15H16ClNO2S2. The molecule has 0 bridgehead atoms. The van der Waals surface area contributed by atoms with Crippen LogP contribution in [0, 0.1) is 5.92 Å². The van der Waals surface area contributed by atoms with Crippen molar-refractivity contribution in [3.05, 3.63) is 43.7 Å². The second-order valence-corrected chi connectivity index (χ2v) is 7.49. The predicted molar refractivity (Wildman–Crippen MR) is 87.2 cm³/mol. The number of halogens is 1. The van der Waals surface area contributed by atoms with Crippen molar-refractivity contribution in [2.75, 3.05) is 13.1 Å². The Morgan fingerprint density at radius 1 is 1.29 bits per heavy atom. The normalized spacial score (nSPS) is 17.9. The fraction of sp³-hybridized carbons (Fsp3) is 0.400. The summed E-state index contributed by atoms with van der Waals surface area (Å²) in [5.41, 5.74) is 0. The Kier molecular flexibility index (Phi) is 4.64. The average Bonchev–Trinajstić information content (AvgIpc) is 3.17. The van der Waals surface area contributed by atoms with Crippen LogP contribution in [0.5, 0.6) is 0 Å². The molecule has 1 aliphatic heterocycles. The number of aliphatic hydroxyl groups excluding tert-OH is 1. The Labute approximate surface area is 136 Å². The quantitative estimate of drug-likeness (QED) is 0.915. The second kappa shape index (κ2) is 6.48. The molecule has 0 spiro atoms. The SMILES string of the molecule is O=C(c1sccc1Cl)N1CCC(C(O)c2cccs2)CC1. The summed E-state index contributed by atoms with van der Waals surface area (Å²) in [6.07, 6.45) is 1.24. The van der Waals surface area contributed by atoms with Gasteiger partial charge in [-0.25, -0.2) is 0 Å². The van der Waals surface area contributed by atoms with Gasteiger partial charge < -0.3 is 10.0 Å². The van der Waals surface area contributed by atoms with Gasteiger partial charge in [0.1, 0.15) is 4.88 Å². The van der Waals surface area contributed by atoms with Gasteiger partial charge in [0.15, 0.2) is 0 Å². The van der Waals surface area contributed by atoms with Gasteiger partial charge in [-0.15, -0.1) is 22.7 Å². The minimum Gasteiger partial charge on any atom is -0.387 e. The van der Waals surface area contributed by atoms with E-state index in [4.69, 9.17) is 11.6 Å². The van der Waals surface area contributed by atoms with E-state index < -0.39 is 6.10 Å². The van der Waals surface area contributed by atoms with Gasteiger partial charge >= 0.3 is 0 Å². The van der Waals surface area contributed by atoms with Crippen LogP contribution >= 0.6 is 34.3 Å². The summed E-state index contributed by atoms with van der Waals surface area (Å²) in [6.45, 7) is 1.36. The van der Waals surface area contributed by atoms with Crippen LogP contribution in [0.15, 0.2) is 29.0 Å². The van der Waals surface area contributed by atoms with E-state index in [0.29, 0.717) is 23.0 Å². The largest absolute Gasteiger partial charge is 0.387 e. The molecule has 1 amide bonds. The number of thiophene rings is 2. The minimum atomic E-state index is -0.410. The molecule has 3 heterocycles. The maximum Gasteiger partial charge on any atom is 0.265 e. The van der Waals surface area contributed by atoms with E-state index in [1.807, 2.05) is 27.8 Å². The standard InChI is InChI=1S/C15H16ClNO2S2/c16-11-5-9-21-14(11)15(19)17-6-3-10(4-7-17)13(18)12-2-1-8-20-12/h1-2,5,8-10,13,18H,3-4,6-7H2. The highest BCUT2D eigenvalue weighted by molar-refractivity contribution is 7.12. The maximum atomic E-state index is 12.4. The molecule has 21 heavy (non-hydrogen) atoms. The third-order valence-corrected chi connectivity index (χ3v) is 6.19. The molecule has 1 saturated heterocycles. The van der Waals surface area contributed by atoms with Gasteiger partial charge in [0, 0.05) is 18.0 Å². The van der Waals surface area contributed by atoms with E-state index >= 15 is 0 Å². The number of carbonyl (C=O) groups excluding carboxylic acids is 1. The number of likely N-dealkylation sites (tertiary alicyclic amines) is 1. The van der Waals surface area contributed by atoms with Gasteiger partial charge in [0.2, 0.25) is 0 Å². The zero-order valence-corrected chi connectivity index (χ0v) is 13.8. The smallest absolute Gasteiger partial charge is 0.265 e. The zero-order chi connectivity index (χ0) is 14.8. The molecule has 0 aliphatic carbocycles. The lowest BCUT2D eigenvalue weighted by atomic mass is 9.90. The molecule has 1 aliphatic rings. The Morgan fingerprint density at radius 2 is 2.05 bits per heavy atom. The predicted octanol–water partition coefficient (Wildman–Crippen LogP) is 4.05. The van der Waals surface area contributed by atoms with Gasteiger partial charge in [-0.05, 0) is 41.7 Å². The van der Waals surface area contributed by atoms with Crippen molar-refractivity contribution in [2.45, 2.75) is 18.9 Å². The maximum absolute atomic E-state index is 12.4. The number of amides is 1. The molecule has 3 nitrogen and oxygen atoms in total. The fourth-order valence-electron chi connectivity index (χ4n) is 2.70. The summed E-state index contributed by atoms with van der Waals surface area (Å²) in [5, 5.41) is 14.7. The summed E-state index contributed by atoms with van der Waals surface area (Å²) in [7, 11) is 0. The first kappa shape index (κ1) is 15.0. The van der Waals surface area contributed by atoms with Crippen molar-refractivity contribution < 1.29 is 9.90 Å². The third kappa shape index (κ3) is 3.16. The number of rotatable bonds is 3. The van der Waals surface area contributed by atoms with Crippen molar-refractivity contribution in [3.63, 3.8) is 0 Å². The molecule has 1 fully saturated rings. The molecule has 112 valence electrons. The van der Waals surface area contributed by atoms with Crippen molar-refractivity contribution in [1.82, 2.24) is 4.90 Å². The Balaban J connectivity index is 1.60. The molecule has 1 N–H and O–H groups in total. The highest BCUT2D eigenvalue weighted by Crippen LogP contribution is 2.34. The molecule has 1 unspecified atom stereocenters. The van der Waals surface area contributed by atoms with E-state index in [1.165, 1.54) is 11.3 Å². The van der Waals surface area contributed by atoms with E-state index in [2.05, 4.69) is 0 Å². The molecule has 3 rings (SSSR count). The number of carbonyl (C=O) groups is 1. The molecule has 2 aromatic rings. The summed E-state index contributed by atoms with van der Waals surface area (Å²) in [5.74, 6) is 0.241. The van der Waals surface area contributed by atoms with Crippen molar-refractivity contribution in [2.24, 2.45) is 5.92 Å². The highest BCUT2D eigenvalue weighted by Gasteiger charge is 2.30. The average molecular weight is 342 g/mol. The van der Waals surface area contributed by atoms with Crippen LogP contribution in [0.2, 0.25) is 5.02 Å². The number of piperidine rings is 1. The van der Waals surface area contributed by atoms with Crippen LogP contribution in [-0.4, -0.2) is 29.0 Å². The summed E-state index contributed by atoms with van der Waals surface area (Å²) < 4.78 is 0. The van der Waals surface area contributed by atoms with E-state index in [-0.39, 0.29) is 11.8 Å². The van der Waals surface area contributed by atoms with Crippen LogP contribution in [0.3, 0.4) is 0 Å². The number of hydrogen-bond acceptors (Lipinski definition) is 4. The van der Waals surface area contributed by atoms with Crippen LogP contribution in [0.25, 0.3) is 0 Å². The molecule has 2 aromatic heterocycles. The van der Waals surface area contributed by atoms with E-state index in [0.717, 1.165) is 17.7 Å². The van der Waals surface area contributed by atoms with Gasteiger partial charge in [-0.2, -0.15) is 0 Å². The first-order valence-corrected chi connectivity index (χ1v) is 9.04. The third-order valence-electron chi connectivity index (χ3n) is 3.92. The number of aliphatic hydroxyl groups is 1. The highest BCUT2D eigenvalue weighted by atomic mass is 35.5. The number of hydrogen-bond donors (Lipinski definition) is 1. The number of nitrogens with zero attached hydrogens (tertiary/aromatic N) is 1. The van der Waals surface area contributed by atoms with Crippen LogP contribution in [-0.2, 0) is 0 Å². The van der Waals surface area contributed by atoms with Crippen molar-refractivity contribution in [1.29, 1.82) is 0 Å². The lowest BCUT2D eigenvalue weighted by molar-refractivity contribution is 0.0477. The Hall–Kier alpha value is -0.880. The molecule has 0 aromatic carbocycles.